The third-order valence-corrected chi connectivity index (χ3v) is 0.454. The van der Waals surface area contributed by atoms with Crippen LogP contribution in [0.5, 0.6) is 0 Å². The quantitative estimate of drug-likeness (QED) is 0.438. The molecule has 20 valence electrons. The molecule has 0 fully saturated rings. The summed E-state index contributed by atoms with van der Waals surface area (Å²) in [5.41, 5.74) is 1.50. The third kappa shape index (κ3) is 0.00288. The predicted molar refractivity (Wildman–Crippen MR) is 8.65 cm³/mol. The Morgan fingerprint density at radius 1 is 1.00 bits per heavy atom. The molecule has 4 heavy (non-hydrogen) atoms. The van der Waals surface area contributed by atoms with Gasteiger partial charge in [-0.05, 0) is 0 Å². The van der Waals surface area contributed by atoms with Gasteiger partial charge in [0, 0.05) is 0 Å². The van der Waals surface area contributed by atoms with Crippen molar-refractivity contribution in [2.24, 2.45) is 0 Å². The van der Waals surface area contributed by atoms with Gasteiger partial charge in [-0.15, -0.1) is 0 Å². The Morgan fingerprint density at radius 3 is 1.25 bits per heavy atom. The molecular weight excluding hydrogens is 56.0 g/mol. The average molecular weight is 56.0 g/mol. The maximum absolute atomic E-state index is 4.42. The summed E-state index contributed by atoms with van der Waals surface area (Å²) in [5.74, 6) is 0. The minimum atomic E-state index is 0.750. The van der Waals surface area contributed by atoms with E-state index in [9.17, 15) is 0 Å². The zero-order chi connectivity index (χ0) is 2.57. The molecule has 2 nitrogen and oxygen atoms in total. The molecule has 2 aliphatic rings. The largest absolute Gasteiger partial charge is 0.381 e. The summed E-state index contributed by atoms with van der Waals surface area (Å²) >= 11 is 0. The summed E-state index contributed by atoms with van der Waals surface area (Å²) in [7, 11) is 0. The Bertz CT molecular complexity index is 155. The van der Waals surface area contributed by atoms with E-state index in [-0.39, 0.29) is 0 Å². The molecule has 0 aromatic carbocycles. The number of rotatable bonds is 0. The summed E-state index contributed by atoms with van der Waals surface area (Å²) in [5, 5.41) is 0. The van der Waals surface area contributed by atoms with E-state index in [0.717, 1.165) is 11.2 Å². The van der Waals surface area contributed by atoms with Crippen LogP contribution >= 0.6 is 0 Å². The van der Waals surface area contributed by atoms with E-state index in [1.807, 2.05) is 0 Å². The van der Waals surface area contributed by atoms with Crippen molar-refractivity contribution in [1.29, 1.82) is 0 Å². The lowest BCUT2D eigenvalue weighted by Gasteiger charge is -1.44. The van der Waals surface area contributed by atoms with Gasteiger partial charge in [-0.25, -0.2) is 0 Å². The van der Waals surface area contributed by atoms with Crippen LogP contribution in [0.3, 0.4) is 0 Å². The molecule has 2 aliphatic heterocycles. The van der Waals surface area contributed by atoms with Crippen LogP contribution in [-0.4, -0.2) is 0 Å². The monoisotopic (exact) mass is 56.0 g/mol. The maximum atomic E-state index is 4.42. The standard InChI is InChI=1S/C2O2/c3-1-2(3)4-1. The lowest BCUT2D eigenvalue weighted by molar-refractivity contribution is 0.342. The van der Waals surface area contributed by atoms with Crippen LogP contribution in [0, 0.1) is 11.2 Å². The molecule has 0 bridgehead atoms. The average Bonchev–Trinajstić information content (AvgIpc) is 1.36. The first-order chi connectivity index (χ1) is 1.97. The first-order valence-electron chi connectivity index (χ1n) is 1.07. The molecule has 0 unspecified atom stereocenters. The molecular formula is C2O2. The molecule has 2 rings (SSSR count). The molecule has 0 aromatic heterocycles. The second-order valence-electron chi connectivity index (χ2n) is 0.779. The molecule has 0 N–H and O–H groups in total. The molecule has 0 amide bonds. The number of hydrogen-bond donors (Lipinski definition) is 0. The second kappa shape index (κ2) is 0.0780. The highest BCUT2D eigenvalue weighted by Crippen LogP contribution is 2.14. The highest BCUT2D eigenvalue weighted by atomic mass is 16.7. The zero-order valence-corrected chi connectivity index (χ0v) is 1.82. The van der Waals surface area contributed by atoms with Crippen molar-refractivity contribution in [2.45, 2.75) is 0 Å². The van der Waals surface area contributed by atoms with E-state index in [1.54, 1.807) is 0 Å². The highest BCUT2D eigenvalue weighted by molar-refractivity contribution is 4.69. The first-order valence-corrected chi connectivity index (χ1v) is 1.07. The van der Waals surface area contributed by atoms with E-state index in [1.165, 1.54) is 0 Å². The minimum Gasteiger partial charge on any atom is -0.381 e. The smallest absolute Gasteiger partial charge is 0.381 e. The van der Waals surface area contributed by atoms with Crippen LogP contribution in [0.2, 0.25) is 0 Å². The van der Waals surface area contributed by atoms with Gasteiger partial charge in [0.15, 0.2) is 0 Å². The van der Waals surface area contributed by atoms with E-state index >= 15 is 0 Å². The van der Waals surface area contributed by atoms with Gasteiger partial charge in [0.05, 0.1) is 0 Å². The summed E-state index contributed by atoms with van der Waals surface area (Å²) in [6, 6.07) is 0. The fraction of sp³-hybridized carbons (Fsp3) is 0. The molecule has 0 aliphatic carbocycles. The first kappa shape index (κ1) is 0.971. The molecule has 0 aromatic rings. The molecule has 0 radical (unpaired) electrons. The minimum absolute atomic E-state index is 0.750. The van der Waals surface area contributed by atoms with Gasteiger partial charge in [0.1, 0.15) is 0 Å². The molecule has 2 heterocycles. The molecule has 2 heteroatoms. The van der Waals surface area contributed by atoms with Crippen molar-refractivity contribution in [3.05, 3.63) is 11.2 Å². The predicted octanol–water partition coefficient (Wildman–Crippen LogP) is 0.473. The Balaban J connectivity index is 3.92. The molecule has 0 atom stereocenters. The van der Waals surface area contributed by atoms with Gasteiger partial charge < -0.3 is 8.83 Å². The van der Waals surface area contributed by atoms with Crippen LogP contribution in [0.4, 0.5) is 0 Å². The SMILES string of the molecule is o1c2oc1=2. The fourth-order valence-electron chi connectivity index (χ4n) is 0.125. The van der Waals surface area contributed by atoms with Crippen LogP contribution in [0.25, 0.3) is 0 Å². The van der Waals surface area contributed by atoms with Crippen LogP contribution in [-0.2, 0) is 0 Å². The van der Waals surface area contributed by atoms with Gasteiger partial charge in [0.25, 0.3) is 0 Å². The van der Waals surface area contributed by atoms with Crippen molar-refractivity contribution in [3.63, 3.8) is 0 Å². The highest BCUT2D eigenvalue weighted by Gasteiger charge is 2.14. The topological polar surface area (TPSA) is 26.3 Å². The Hall–Kier alpha value is -0.660. The zero-order valence-electron chi connectivity index (χ0n) is 1.82. The van der Waals surface area contributed by atoms with Crippen molar-refractivity contribution in [3.8, 4) is 0 Å². The Labute approximate surface area is 21.3 Å². The fourth-order valence-corrected chi connectivity index (χ4v) is 0.125. The van der Waals surface area contributed by atoms with E-state index in [2.05, 4.69) is 8.83 Å². The Kier molecular flexibility index (Phi) is 0.0189. The third-order valence-electron chi connectivity index (χ3n) is 0.454. The number of hydrogen-bond acceptors (Lipinski definition) is 2. The lowest BCUT2D eigenvalue weighted by Crippen LogP contribution is -1.19. The summed E-state index contributed by atoms with van der Waals surface area (Å²) in [4.78, 5) is 0. The summed E-state index contributed by atoms with van der Waals surface area (Å²) in [6.45, 7) is 0. The maximum Gasteiger partial charge on any atom is 0.381 e. The van der Waals surface area contributed by atoms with Gasteiger partial charge in [0.2, 0.25) is 0 Å². The van der Waals surface area contributed by atoms with Gasteiger partial charge >= 0.3 is 11.2 Å². The van der Waals surface area contributed by atoms with Crippen LogP contribution in [0.1, 0.15) is 0 Å². The van der Waals surface area contributed by atoms with E-state index in [4.69, 9.17) is 0 Å². The lowest BCUT2D eigenvalue weighted by atomic mass is 11.3. The summed E-state index contributed by atoms with van der Waals surface area (Å²) in [6.07, 6.45) is 0. The van der Waals surface area contributed by atoms with Crippen molar-refractivity contribution in [2.75, 3.05) is 0 Å². The van der Waals surface area contributed by atoms with Gasteiger partial charge in [-0.2, -0.15) is 0 Å². The molecule has 0 saturated carbocycles. The summed E-state index contributed by atoms with van der Waals surface area (Å²) < 4.78 is 8.83. The van der Waals surface area contributed by atoms with Crippen LogP contribution < -0.4 is 0 Å². The Morgan fingerprint density at radius 2 is 1.25 bits per heavy atom. The second-order valence-corrected chi connectivity index (χ2v) is 0.779. The molecule has 0 spiro atoms. The van der Waals surface area contributed by atoms with Gasteiger partial charge in [-0.3, -0.25) is 0 Å². The van der Waals surface area contributed by atoms with E-state index < -0.39 is 0 Å². The van der Waals surface area contributed by atoms with Crippen molar-refractivity contribution < 1.29 is 8.83 Å². The van der Waals surface area contributed by atoms with E-state index in [0.29, 0.717) is 0 Å². The molecule has 0 saturated heterocycles. The van der Waals surface area contributed by atoms with Crippen molar-refractivity contribution >= 4 is 0 Å². The van der Waals surface area contributed by atoms with Crippen molar-refractivity contribution in [1.82, 2.24) is 0 Å². The van der Waals surface area contributed by atoms with Gasteiger partial charge in [-0.1, -0.05) is 0 Å². The normalized spacial score (nSPS) is 13.0. The van der Waals surface area contributed by atoms with Crippen LogP contribution in [0.15, 0.2) is 8.83 Å².